The quantitative estimate of drug-likeness (QED) is 0.401. The summed E-state index contributed by atoms with van der Waals surface area (Å²) in [5.41, 5.74) is 4.95. The number of aryl methyl sites for hydroxylation is 1. The second kappa shape index (κ2) is 8.96. The summed E-state index contributed by atoms with van der Waals surface area (Å²) in [5.74, 6) is 0. The Balaban J connectivity index is 0.00000112. The minimum absolute atomic E-state index is 0.0564. The zero-order chi connectivity index (χ0) is 21.8. The molecule has 1 aromatic carbocycles. The van der Waals surface area contributed by atoms with E-state index >= 15 is 0 Å². The smallest absolute Gasteiger partial charge is 0.260 e. The van der Waals surface area contributed by atoms with Crippen molar-refractivity contribution in [1.82, 2.24) is 18.9 Å². The zero-order valence-corrected chi connectivity index (χ0v) is 18.1. The number of benzene rings is 1. The third-order valence-corrected chi connectivity index (χ3v) is 5.29. The molecule has 0 aliphatic rings. The number of fused-ring (bicyclic) bond motifs is 2. The topological polar surface area (TPSA) is 52.2 Å². The number of pyridine rings is 3. The summed E-state index contributed by atoms with van der Waals surface area (Å²) in [5, 5.41) is 1.53. The van der Waals surface area contributed by atoms with Gasteiger partial charge in [-0.3, -0.25) is 9.78 Å². The fourth-order valence-corrected chi connectivity index (χ4v) is 3.73. The van der Waals surface area contributed by atoms with Crippen LogP contribution in [0.5, 0.6) is 0 Å². The van der Waals surface area contributed by atoms with E-state index in [2.05, 4.69) is 29.2 Å². The van der Waals surface area contributed by atoms with Crippen LogP contribution >= 0.6 is 0 Å². The average Bonchev–Trinajstić information content (AvgIpc) is 3.24. The molecule has 0 spiro atoms. The van der Waals surface area contributed by atoms with Crippen LogP contribution in [-0.2, 0) is 13.0 Å². The highest BCUT2D eigenvalue weighted by atomic mass is 16.1. The van der Waals surface area contributed by atoms with Crippen molar-refractivity contribution in [2.24, 2.45) is 0 Å². The van der Waals surface area contributed by atoms with Crippen LogP contribution < -0.4 is 5.56 Å². The van der Waals surface area contributed by atoms with Crippen molar-refractivity contribution in [2.45, 2.75) is 33.7 Å². The van der Waals surface area contributed by atoms with E-state index in [-0.39, 0.29) is 5.56 Å². The Morgan fingerprint density at radius 3 is 2.48 bits per heavy atom. The fourth-order valence-electron chi connectivity index (χ4n) is 3.73. The second-order valence-electron chi connectivity index (χ2n) is 7.15. The molecule has 5 heteroatoms. The van der Waals surface area contributed by atoms with Gasteiger partial charge in [0.1, 0.15) is 5.65 Å². The molecular weight excluding hydrogens is 384 g/mol. The van der Waals surface area contributed by atoms with E-state index in [1.54, 1.807) is 10.8 Å². The molecule has 4 aromatic heterocycles. The van der Waals surface area contributed by atoms with E-state index in [0.29, 0.717) is 11.9 Å². The van der Waals surface area contributed by atoms with E-state index in [9.17, 15) is 4.79 Å². The molecule has 31 heavy (non-hydrogen) atoms. The molecule has 5 nitrogen and oxygen atoms in total. The van der Waals surface area contributed by atoms with Gasteiger partial charge in [0.2, 0.25) is 0 Å². The molecule has 0 saturated carbocycles. The number of hydrogen-bond donors (Lipinski definition) is 0. The van der Waals surface area contributed by atoms with Crippen LogP contribution in [0.4, 0.5) is 0 Å². The van der Waals surface area contributed by atoms with Crippen molar-refractivity contribution in [2.75, 3.05) is 0 Å². The largest absolute Gasteiger partial charge is 0.309 e. The first kappa shape index (κ1) is 20.5. The zero-order valence-electron chi connectivity index (χ0n) is 18.1. The molecule has 0 bridgehead atoms. The minimum atomic E-state index is -0.0564. The van der Waals surface area contributed by atoms with Gasteiger partial charge in [0.25, 0.3) is 5.56 Å². The number of rotatable bonds is 4. The maximum absolute atomic E-state index is 13.1. The van der Waals surface area contributed by atoms with Crippen LogP contribution in [0.3, 0.4) is 0 Å². The SMILES string of the molecule is CC.CCc1ccc2nc(Cn3ccc4c(-c5ccccc5)cncc4c3=O)cn2c1. The molecule has 0 atom stereocenters. The maximum atomic E-state index is 13.1. The number of aromatic nitrogens is 4. The van der Waals surface area contributed by atoms with Crippen molar-refractivity contribution >= 4 is 16.4 Å². The number of nitrogens with zero attached hydrogens (tertiary/aromatic N) is 4. The Morgan fingerprint density at radius 2 is 1.71 bits per heavy atom. The van der Waals surface area contributed by atoms with Gasteiger partial charge in [-0.05, 0) is 35.1 Å². The Kier molecular flexibility index (Phi) is 5.94. The lowest BCUT2D eigenvalue weighted by atomic mass is 10.0. The molecule has 0 unspecified atom stereocenters. The Hall–Kier alpha value is -3.73. The Bertz CT molecular complexity index is 1380. The van der Waals surface area contributed by atoms with E-state index in [1.165, 1.54) is 5.56 Å². The Morgan fingerprint density at radius 1 is 0.903 bits per heavy atom. The lowest BCUT2D eigenvalue weighted by molar-refractivity contribution is 0.752. The van der Waals surface area contributed by atoms with Crippen LogP contribution in [0.15, 0.2) is 84.3 Å². The summed E-state index contributed by atoms with van der Waals surface area (Å²) in [6, 6.07) is 16.1. The molecule has 5 rings (SSSR count). The number of imidazole rings is 1. The van der Waals surface area contributed by atoms with Crippen LogP contribution in [0, 0.1) is 0 Å². The lowest BCUT2D eigenvalue weighted by Gasteiger charge is -2.09. The standard InChI is InChI=1S/C24H20N4O.C2H6/c1-2-17-8-9-23-26-19(16-28(23)14-17)15-27-11-10-20-21(18-6-4-3-5-7-18)12-25-13-22(20)24(27)29;1-2/h3-14,16H,2,15H2,1H3;1-2H3. The van der Waals surface area contributed by atoms with E-state index in [4.69, 9.17) is 0 Å². The van der Waals surface area contributed by atoms with Gasteiger partial charge in [-0.25, -0.2) is 4.98 Å². The van der Waals surface area contributed by atoms with Crippen molar-refractivity contribution in [3.63, 3.8) is 0 Å². The van der Waals surface area contributed by atoms with Gasteiger partial charge >= 0.3 is 0 Å². The van der Waals surface area contributed by atoms with Crippen LogP contribution in [0.2, 0.25) is 0 Å². The molecular formula is C26H26N4O. The maximum Gasteiger partial charge on any atom is 0.260 e. The van der Waals surface area contributed by atoms with Crippen LogP contribution in [0.1, 0.15) is 32.0 Å². The van der Waals surface area contributed by atoms with E-state index < -0.39 is 0 Å². The van der Waals surface area contributed by atoms with Gasteiger partial charge in [-0.1, -0.05) is 57.2 Å². The first-order valence-corrected chi connectivity index (χ1v) is 10.7. The van der Waals surface area contributed by atoms with Crippen molar-refractivity contribution in [3.05, 3.63) is 101 Å². The summed E-state index contributed by atoms with van der Waals surface area (Å²) >= 11 is 0. The first-order valence-electron chi connectivity index (χ1n) is 10.7. The summed E-state index contributed by atoms with van der Waals surface area (Å²) in [7, 11) is 0. The summed E-state index contributed by atoms with van der Waals surface area (Å²) in [6.45, 7) is 6.55. The lowest BCUT2D eigenvalue weighted by Crippen LogP contribution is -2.20. The van der Waals surface area contributed by atoms with Gasteiger partial charge in [0.05, 0.1) is 17.6 Å². The molecule has 0 fully saturated rings. The normalized spacial score (nSPS) is 10.8. The minimum Gasteiger partial charge on any atom is -0.309 e. The molecule has 0 radical (unpaired) electrons. The second-order valence-corrected chi connectivity index (χ2v) is 7.15. The molecule has 0 amide bonds. The van der Waals surface area contributed by atoms with Gasteiger partial charge in [-0.15, -0.1) is 0 Å². The molecule has 156 valence electrons. The highest BCUT2D eigenvalue weighted by Crippen LogP contribution is 2.25. The predicted molar refractivity (Wildman–Crippen MR) is 126 cm³/mol. The van der Waals surface area contributed by atoms with Crippen LogP contribution in [-0.4, -0.2) is 18.9 Å². The third-order valence-electron chi connectivity index (χ3n) is 5.29. The predicted octanol–water partition coefficient (Wildman–Crippen LogP) is 5.35. The van der Waals surface area contributed by atoms with E-state index in [1.807, 2.05) is 79.3 Å². The highest BCUT2D eigenvalue weighted by Gasteiger charge is 2.10. The van der Waals surface area contributed by atoms with Gasteiger partial charge in [0.15, 0.2) is 0 Å². The number of hydrogen-bond acceptors (Lipinski definition) is 3. The highest BCUT2D eigenvalue weighted by molar-refractivity contribution is 5.95. The van der Waals surface area contributed by atoms with Gasteiger partial charge in [-0.2, -0.15) is 0 Å². The fraction of sp³-hybridized carbons (Fsp3) is 0.192. The molecule has 4 heterocycles. The summed E-state index contributed by atoms with van der Waals surface area (Å²) in [4.78, 5) is 22.1. The van der Waals surface area contributed by atoms with Gasteiger partial charge < -0.3 is 8.97 Å². The monoisotopic (exact) mass is 410 g/mol. The van der Waals surface area contributed by atoms with E-state index in [0.717, 1.165) is 34.3 Å². The molecule has 0 aliphatic carbocycles. The molecule has 0 saturated heterocycles. The summed E-state index contributed by atoms with van der Waals surface area (Å²) in [6.07, 6.45) is 10.4. The van der Waals surface area contributed by atoms with Crippen LogP contribution in [0.25, 0.3) is 27.5 Å². The van der Waals surface area contributed by atoms with Crippen molar-refractivity contribution in [3.8, 4) is 11.1 Å². The van der Waals surface area contributed by atoms with Crippen molar-refractivity contribution < 1.29 is 0 Å². The molecule has 5 aromatic rings. The first-order chi connectivity index (χ1) is 15.2. The third kappa shape index (κ3) is 3.99. The Labute approximate surface area is 181 Å². The summed E-state index contributed by atoms with van der Waals surface area (Å²) < 4.78 is 3.72. The average molecular weight is 411 g/mol. The molecule has 0 N–H and O–H groups in total. The molecule has 0 aliphatic heterocycles. The van der Waals surface area contributed by atoms with Gasteiger partial charge in [0, 0.05) is 36.5 Å². The van der Waals surface area contributed by atoms with Crippen molar-refractivity contribution in [1.29, 1.82) is 0 Å².